The molecule has 1 fully saturated rings. The van der Waals surface area contributed by atoms with E-state index in [1.54, 1.807) is 6.07 Å². The van der Waals surface area contributed by atoms with Gasteiger partial charge >= 0.3 is 0 Å². The first-order chi connectivity index (χ1) is 11.2. The van der Waals surface area contributed by atoms with Crippen molar-refractivity contribution in [2.24, 2.45) is 0 Å². The fourth-order valence-corrected chi connectivity index (χ4v) is 2.98. The topological polar surface area (TPSA) is 50.8 Å². The number of halogens is 1. The van der Waals surface area contributed by atoms with Crippen molar-refractivity contribution in [3.8, 4) is 5.75 Å². The average molecular weight is 338 g/mol. The van der Waals surface area contributed by atoms with Crippen molar-refractivity contribution in [1.82, 2.24) is 10.2 Å². The summed E-state index contributed by atoms with van der Waals surface area (Å²) >= 11 is 0. The molecule has 0 radical (unpaired) electrons. The maximum atomic E-state index is 14.0. The second-order valence-corrected chi connectivity index (χ2v) is 7.00. The average Bonchev–Trinajstić information content (AvgIpc) is 2.51. The van der Waals surface area contributed by atoms with Crippen LogP contribution in [0.4, 0.5) is 4.39 Å². The van der Waals surface area contributed by atoms with Crippen molar-refractivity contribution in [3.05, 3.63) is 29.6 Å². The molecule has 1 amide bonds. The van der Waals surface area contributed by atoms with E-state index in [2.05, 4.69) is 24.1 Å². The van der Waals surface area contributed by atoms with E-state index in [4.69, 9.17) is 9.47 Å². The first kappa shape index (κ1) is 18.7. The fraction of sp³-hybridized carbons (Fsp3) is 0.611. The number of ether oxygens (including phenoxy) is 2. The predicted octanol–water partition coefficient (Wildman–Crippen LogP) is 2.45. The summed E-state index contributed by atoms with van der Waals surface area (Å²) in [5.74, 6) is -0.614. The van der Waals surface area contributed by atoms with E-state index in [9.17, 15) is 9.18 Å². The summed E-state index contributed by atoms with van der Waals surface area (Å²) < 4.78 is 24.7. The van der Waals surface area contributed by atoms with Gasteiger partial charge in [0.15, 0.2) is 0 Å². The molecule has 1 N–H and O–H groups in total. The second kappa shape index (κ2) is 7.49. The molecule has 2 atom stereocenters. The van der Waals surface area contributed by atoms with E-state index in [-0.39, 0.29) is 23.3 Å². The highest BCUT2D eigenvalue weighted by Gasteiger charge is 2.33. The molecular weight excluding hydrogens is 311 g/mol. The molecule has 1 aromatic carbocycles. The second-order valence-electron chi connectivity index (χ2n) is 7.00. The van der Waals surface area contributed by atoms with Gasteiger partial charge in [0.05, 0.1) is 24.9 Å². The number of hydrogen-bond donors (Lipinski definition) is 1. The minimum Gasteiger partial charge on any atom is -0.497 e. The third-order valence-corrected chi connectivity index (χ3v) is 4.38. The number of rotatable bonds is 5. The van der Waals surface area contributed by atoms with Gasteiger partial charge < -0.3 is 14.8 Å². The Hall–Kier alpha value is -1.66. The first-order valence-electron chi connectivity index (χ1n) is 8.25. The van der Waals surface area contributed by atoms with Crippen LogP contribution in [0.5, 0.6) is 5.75 Å². The summed E-state index contributed by atoms with van der Waals surface area (Å²) in [5.41, 5.74) is -0.222. The molecular formula is C18H27FN2O3. The van der Waals surface area contributed by atoms with Gasteiger partial charge in [-0.2, -0.15) is 0 Å². The third kappa shape index (κ3) is 4.45. The van der Waals surface area contributed by atoms with E-state index in [0.29, 0.717) is 12.3 Å². The highest BCUT2D eigenvalue weighted by atomic mass is 19.1. The summed E-state index contributed by atoms with van der Waals surface area (Å²) in [4.78, 5) is 14.6. The summed E-state index contributed by atoms with van der Waals surface area (Å²) in [7, 11) is 1.46. The Kier molecular flexibility index (Phi) is 5.83. The lowest BCUT2D eigenvalue weighted by Gasteiger charge is -2.45. The molecule has 6 heteroatoms. The van der Waals surface area contributed by atoms with Gasteiger partial charge in [0.2, 0.25) is 0 Å². The maximum absolute atomic E-state index is 14.0. The van der Waals surface area contributed by atoms with E-state index in [1.807, 2.05) is 13.8 Å². The number of carbonyl (C=O) groups is 1. The van der Waals surface area contributed by atoms with Crippen LogP contribution >= 0.6 is 0 Å². The normalized spacial score (nSPS) is 22.2. The van der Waals surface area contributed by atoms with Gasteiger partial charge in [-0.3, -0.25) is 9.69 Å². The zero-order valence-electron chi connectivity index (χ0n) is 15.1. The molecule has 0 spiro atoms. The van der Waals surface area contributed by atoms with Crippen molar-refractivity contribution in [2.75, 3.05) is 26.7 Å². The van der Waals surface area contributed by atoms with Crippen LogP contribution in [0.25, 0.3) is 0 Å². The van der Waals surface area contributed by atoms with Crippen molar-refractivity contribution in [1.29, 1.82) is 0 Å². The van der Waals surface area contributed by atoms with E-state index in [0.717, 1.165) is 13.1 Å². The molecule has 0 bridgehead atoms. The lowest BCUT2D eigenvalue weighted by Crippen LogP contribution is -2.58. The number of morpholine rings is 1. The Balaban J connectivity index is 1.99. The molecule has 24 heavy (non-hydrogen) atoms. The zero-order valence-corrected chi connectivity index (χ0v) is 15.1. The Morgan fingerprint density at radius 3 is 2.54 bits per heavy atom. The van der Waals surface area contributed by atoms with Crippen molar-refractivity contribution < 1.29 is 18.7 Å². The van der Waals surface area contributed by atoms with E-state index in [1.165, 1.54) is 19.2 Å². The van der Waals surface area contributed by atoms with Crippen LogP contribution in [-0.2, 0) is 4.74 Å². The Bertz CT molecular complexity index is 582. The van der Waals surface area contributed by atoms with E-state index >= 15 is 0 Å². The smallest absolute Gasteiger partial charge is 0.254 e. The largest absolute Gasteiger partial charge is 0.497 e. The molecule has 1 aliphatic heterocycles. The number of hydrogen-bond acceptors (Lipinski definition) is 4. The van der Waals surface area contributed by atoms with Gasteiger partial charge in [-0.1, -0.05) is 0 Å². The lowest BCUT2D eigenvalue weighted by molar-refractivity contribution is -0.0948. The third-order valence-electron chi connectivity index (χ3n) is 4.38. The molecule has 1 heterocycles. The Morgan fingerprint density at radius 1 is 1.38 bits per heavy atom. The van der Waals surface area contributed by atoms with Crippen LogP contribution in [0, 0.1) is 5.82 Å². The molecule has 0 saturated carbocycles. The summed E-state index contributed by atoms with van der Waals surface area (Å²) in [5, 5.41) is 2.84. The molecule has 1 aromatic rings. The van der Waals surface area contributed by atoms with Crippen LogP contribution in [0.15, 0.2) is 18.2 Å². The molecule has 0 aliphatic carbocycles. The molecule has 0 aromatic heterocycles. The number of amides is 1. The highest BCUT2D eigenvalue weighted by molar-refractivity contribution is 5.94. The van der Waals surface area contributed by atoms with Crippen LogP contribution in [0.2, 0.25) is 0 Å². The SMILES string of the molecule is COc1ccc(C(=O)NCC(C)(C)N2CC(C)OC(C)C2)c(F)c1. The lowest BCUT2D eigenvalue weighted by atomic mass is 10.00. The minimum absolute atomic E-state index is 0.0234. The van der Waals surface area contributed by atoms with Crippen LogP contribution in [-0.4, -0.2) is 55.3 Å². The summed E-state index contributed by atoms with van der Waals surface area (Å²) in [6.45, 7) is 10.3. The summed E-state index contributed by atoms with van der Waals surface area (Å²) in [6.07, 6.45) is 0.311. The Morgan fingerprint density at radius 2 is 2.00 bits per heavy atom. The molecule has 1 saturated heterocycles. The minimum atomic E-state index is -0.585. The van der Waals surface area contributed by atoms with Gasteiger partial charge in [0.25, 0.3) is 5.91 Å². The number of benzene rings is 1. The molecule has 2 rings (SSSR count). The standard InChI is InChI=1S/C18H27FN2O3/c1-12-9-21(10-13(2)24-12)18(3,4)11-20-17(22)15-7-6-14(23-5)8-16(15)19/h6-8,12-13H,9-11H2,1-5H3,(H,20,22). The highest BCUT2D eigenvalue weighted by Crippen LogP contribution is 2.21. The number of nitrogens with one attached hydrogen (secondary N) is 1. The number of methoxy groups -OCH3 is 1. The molecule has 5 nitrogen and oxygen atoms in total. The molecule has 134 valence electrons. The number of carbonyl (C=O) groups excluding carboxylic acids is 1. The van der Waals surface area contributed by atoms with Crippen molar-refractivity contribution in [2.45, 2.75) is 45.4 Å². The van der Waals surface area contributed by atoms with Crippen LogP contribution in [0.1, 0.15) is 38.1 Å². The maximum Gasteiger partial charge on any atom is 0.254 e. The molecule has 1 aliphatic rings. The monoisotopic (exact) mass is 338 g/mol. The number of nitrogens with zero attached hydrogens (tertiary/aromatic N) is 1. The summed E-state index contributed by atoms with van der Waals surface area (Å²) in [6, 6.07) is 4.23. The van der Waals surface area contributed by atoms with E-state index < -0.39 is 11.7 Å². The molecule has 2 unspecified atom stereocenters. The quantitative estimate of drug-likeness (QED) is 0.896. The van der Waals surface area contributed by atoms with Crippen LogP contribution in [0.3, 0.4) is 0 Å². The van der Waals surface area contributed by atoms with Gasteiger partial charge in [-0.25, -0.2) is 4.39 Å². The Labute approximate surface area is 143 Å². The van der Waals surface area contributed by atoms with Crippen molar-refractivity contribution >= 4 is 5.91 Å². The first-order valence-corrected chi connectivity index (χ1v) is 8.25. The van der Waals surface area contributed by atoms with Crippen molar-refractivity contribution in [3.63, 3.8) is 0 Å². The van der Waals surface area contributed by atoms with Gasteiger partial charge in [0.1, 0.15) is 11.6 Å². The fourth-order valence-electron chi connectivity index (χ4n) is 2.98. The predicted molar refractivity (Wildman–Crippen MR) is 90.9 cm³/mol. The van der Waals surface area contributed by atoms with Gasteiger partial charge in [0, 0.05) is 31.2 Å². The zero-order chi connectivity index (χ0) is 17.9. The van der Waals surface area contributed by atoms with Gasteiger partial charge in [-0.15, -0.1) is 0 Å². The van der Waals surface area contributed by atoms with Gasteiger partial charge in [-0.05, 0) is 39.8 Å². The van der Waals surface area contributed by atoms with Crippen LogP contribution < -0.4 is 10.1 Å².